The van der Waals surface area contributed by atoms with E-state index in [9.17, 15) is 0 Å². The highest BCUT2D eigenvalue weighted by atomic mass is 16.5. The molecule has 3 aromatic carbocycles. The highest BCUT2D eigenvalue weighted by molar-refractivity contribution is 5.36. The smallest absolute Gasteiger partial charge is 0.119 e. The lowest BCUT2D eigenvalue weighted by atomic mass is 9.96. The molecule has 3 nitrogen and oxygen atoms in total. The zero-order chi connectivity index (χ0) is 18.3. The van der Waals surface area contributed by atoms with Crippen molar-refractivity contribution in [3.8, 4) is 5.75 Å². The fraction of sp³-hybridized carbons (Fsp3) is 0.250. The van der Waals surface area contributed by atoms with Gasteiger partial charge in [0.05, 0.1) is 6.04 Å². The SMILES string of the molecule is c1ccc(COc2ccc(C(c3ccccc3)N3CCNCC3)cc2)cc1. The van der Waals surface area contributed by atoms with Gasteiger partial charge in [0.15, 0.2) is 0 Å². The summed E-state index contributed by atoms with van der Waals surface area (Å²) >= 11 is 0. The van der Waals surface area contributed by atoms with E-state index in [0.29, 0.717) is 6.61 Å². The van der Waals surface area contributed by atoms with Crippen molar-refractivity contribution >= 4 is 0 Å². The summed E-state index contributed by atoms with van der Waals surface area (Å²) in [5.74, 6) is 0.912. The number of hydrogen-bond acceptors (Lipinski definition) is 3. The lowest BCUT2D eigenvalue weighted by molar-refractivity contribution is 0.198. The fourth-order valence-corrected chi connectivity index (χ4v) is 3.68. The fourth-order valence-electron chi connectivity index (χ4n) is 3.68. The van der Waals surface area contributed by atoms with Gasteiger partial charge in [0, 0.05) is 26.2 Å². The van der Waals surface area contributed by atoms with Gasteiger partial charge < -0.3 is 10.1 Å². The summed E-state index contributed by atoms with van der Waals surface area (Å²) in [7, 11) is 0. The van der Waals surface area contributed by atoms with Crippen molar-refractivity contribution in [1.82, 2.24) is 10.2 Å². The van der Waals surface area contributed by atoms with Crippen molar-refractivity contribution in [3.05, 3.63) is 102 Å². The molecule has 0 aliphatic carbocycles. The molecule has 0 spiro atoms. The van der Waals surface area contributed by atoms with Crippen molar-refractivity contribution in [2.24, 2.45) is 0 Å². The van der Waals surface area contributed by atoms with Crippen LogP contribution in [-0.2, 0) is 6.61 Å². The molecule has 138 valence electrons. The van der Waals surface area contributed by atoms with E-state index in [1.807, 2.05) is 18.2 Å². The summed E-state index contributed by atoms with van der Waals surface area (Å²) in [6.07, 6.45) is 0. The van der Waals surface area contributed by atoms with Crippen LogP contribution in [0.5, 0.6) is 5.75 Å². The Morgan fingerprint density at radius 1 is 0.741 bits per heavy atom. The Hall–Kier alpha value is -2.62. The average molecular weight is 358 g/mol. The molecule has 1 fully saturated rings. The molecule has 1 N–H and O–H groups in total. The van der Waals surface area contributed by atoms with Crippen LogP contribution in [0, 0.1) is 0 Å². The molecule has 0 aromatic heterocycles. The van der Waals surface area contributed by atoms with Gasteiger partial charge in [-0.3, -0.25) is 4.90 Å². The third-order valence-electron chi connectivity index (χ3n) is 5.08. The Morgan fingerprint density at radius 2 is 1.33 bits per heavy atom. The molecule has 0 radical (unpaired) electrons. The van der Waals surface area contributed by atoms with E-state index in [1.165, 1.54) is 16.7 Å². The zero-order valence-electron chi connectivity index (χ0n) is 15.6. The first kappa shape index (κ1) is 17.8. The van der Waals surface area contributed by atoms with Gasteiger partial charge in [0.2, 0.25) is 0 Å². The first-order valence-corrected chi connectivity index (χ1v) is 9.66. The van der Waals surface area contributed by atoms with E-state index < -0.39 is 0 Å². The molecule has 0 bridgehead atoms. The van der Waals surface area contributed by atoms with Crippen molar-refractivity contribution < 1.29 is 4.74 Å². The van der Waals surface area contributed by atoms with Crippen LogP contribution >= 0.6 is 0 Å². The van der Waals surface area contributed by atoms with Crippen molar-refractivity contribution in [2.45, 2.75) is 12.6 Å². The first-order chi connectivity index (χ1) is 13.4. The van der Waals surface area contributed by atoms with Gasteiger partial charge >= 0.3 is 0 Å². The molecular weight excluding hydrogens is 332 g/mol. The number of nitrogens with zero attached hydrogens (tertiary/aromatic N) is 1. The summed E-state index contributed by atoms with van der Waals surface area (Å²) < 4.78 is 5.95. The molecule has 0 amide bonds. The molecule has 1 atom stereocenters. The van der Waals surface area contributed by atoms with Gasteiger partial charge in [-0.25, -0.2) is 0 Å². The Labute approximate surface area is 161 Å². The molecule has 1 saturated heterocycles. The summed E-state index contributed by atoms with van der Waals surface area (Å²) in [4.78, 5) is 2.56. The normalized spacial score (nSPS) is 16.0. The minimum atomic E-state index is 0.288. The quantitative estimate of drug-likeness (QED) is 0.712. The van der Waals surface area contributed by atoms with Crippen molar-refractivity contribution in [1.29, 1.82) is 0 Å². The monoisotopic (exact) mass is 358 g/mol. The van der Waals surface area contributed by atoms with Crippen molar-refractivity contribution in [3.63, 3.8) is 0 Å². The van der Waals surface area contributed by atoms with E-state index >= 15 is 0 Å². The van der Waals surface area contributed by atoms with Crippen LogP contribution in [0.2, 0.25) is 0 Å². The average Bonchev–Trinajstić information content (AvgIpc) is 2.76. The van der Waals surface area contributed by atoms with Crippen LogP contribution in [0.3, 0.4) is 0 Å². The zero-order valence-corrected chi connectivity index (χ0v) is 15.6. The van der Waals surface area contributed by atoms with E-state index in [2.05, 4.69) is 76.9 Å². The molecule has 3 aromatic rings. The number of benzene rings is 3. The second kappa shape index (κ2) is 8.85. The predicted molar refractivity (Wildman–Crippen MR) is 110 cm³/mol. The Kier molecular flexibility index (Phi) is 5.83. The number of piperazine rings is 1. The lowest BCUT2D eigenvalue weighted by Crippen LogP contribution is -2.45. The Balaban J connectivity index is 1.51. The summed E-state index contributed by atoms with van der Waals surface area (Å²) in [6, 6.07) is 30.0. The largest absolute Gasteiger partial charge is 0.489 e. The summed E-state index contributed by atoms with van der Waals surface area (Å²) in [5, 5.41) is 3.45. The number of rotatable bonds is 6. The van der Waals surface area contributed by atoms with Crippen LogP contribution < -0.4 is 10.1 Å². The maximum atomic E-state index is 5.95. The summed E-state index contributed by atoms with van der Waals surface area (Å²) in [6.45, 7) is 4.81. The van der Waals surface area contributed by atoms with Crippen LogP contribution in [-0.4, -0.2) is 31.1 Å². The van der Waals surface area contributed by atoms with Crippen LogP contribution in [0.1, 0.15) is 22.7 Å². The summed E-state index contributed by atoms with van der Waals surface area (Å²) in [5.41, 5.74) is 3.84. The Bertz CT molecular complexity index is 812. The van der Waals surface area contributed by atoms with Crippen LogP contribution in [0.25, 0.3) is 0 Å². The standard InChI is InChI=1S/C24H26N2O/c1-3-7-20(8-4-1)19-27-23-13-11-22(12-14-23)24(21-9-5-2-6-10-21)26-17-15-25-16-18-26/h1-14,24-25H,15-19H2. The van der Waals surface area contributed by atoms with Gasteiger partial charge in [-0.1, -0.05) is 72.8 Å². The second-order valence-electron chi connectivity index (χ2n) is 6.94. The minimum absolute atomic E-state index is 0.288. The third kappa shape index (κ3) is 4.57. The molecule has 1 aliphatic heterocycles. The molecular formula is C24H26N2O. The molecule has 1 heterocycles. The molecule has 0 saturated carbocycles. The number of nitrogens with one attached hydrogen (secondary N) is 1. The van der Waals surface area contributed by atoms with Crippen LogP contribution in [0.4, 0.5) is 0 Å². The molecule has 4 rings (SSSR count). The highest BCUT2D eigenvalue weighted by Crippen LogP contribution is 2.30. The van der Waals surface area contributed by atoms with Gasteiger partial charge in [0.1, 0.15) is 12.4 Å². The molecule has 1 unspecified atom stereocenters. The molecule has 3 heteroatoms. The van der Waals surface area contributed by atoms with E-state index in [0.717, 1.165) is 31.9 Å². The maximum Gasteiger partial charge on any atom is 0.119 e. The van der Waals surface area contributed by atoms with Crippen molar-refractivity contribution in [2.75, 3.05) is 26.2 Å². The molecule has 1 aliphatic rings. The number of ether oxygens (including phenoxy) is 1. The molecule has 27 heavy (non-hydrogen) atoms. The third-order valence-corrected chi connectivity index (χ3v) is 5.08. The van der Waals surface area contributed by atoms with Gasteiger partial charge in [-0.2, -0.15) is 0 Å². The maximum absolute atomic E-state index is 5.95. The van der Waals surface area contributed by atoms with E-state index in [4.69, 9.17) is 4.74 Å². The predicted octanol–water partition coefficient (Wildman–Crippen LogP) is 4.26. The van der Waals surface area contributed by atoms with Gasteiger partial charge in [0.25, 0.3) is 0 Å². The topological polar surface area (TPSA) is 24.5 Å². The highest BCUT2D eigenvalue weighted by Gasteiger charge is 2.23. The Morgan fingerprint density at radius 3 is 2.00 bits per heavy atom. The van der Waals surface area contributed by atoms with E-state index in [1.54, 1.807) is 0 Å². The van der Waals surface area contributed by atoms with Crippen LogP contribution in [0.15, 0.2) is 84.9 Å². The first-order valence-electron chi connectivity index (χ1n) is 9.66. The lowest BCUT2D eigenvalue weighted by Gasteiger charge is -2.35. The van der Waals surface area contributed by atoms with E-state index in [-0.39, 0.29) is 6.04 Å². The number of hydrogen-bond donors (Lipinski definition) is 1. The van der Waals surface area contributed by atoms with Gasteiger partial charge in [-0.05, 0) is 28.8 Å². The minimum Gasteiger partial charge on any atom is -0.489 e. The second-order valence-corrected chi connectivity index (χ2v) is 6.94. The van der Waals surface area contributed by atoms with Gasteiger partial charge in [-0.15, -0.1) is 0 Å².